The van der Waals surface area contributed by atoms with E-state index in [4.69, 9.17) is 0 Å². The molecule has 29 heavy (non-hydrogen) atoms. The molecule has 3 aromatic heterocycles. The number of aryl methyl sites for hydroxylation is 3. The van der Waals surface area contributed by atoms with Crippen molar-refractivity contribution < 1.29 is 0 Å². The van der Waals surface area contributed by atoms with Gasteiger partial charge in [0.1, 0.15) is 10.0 Å². The largest absolute Gasteiger partial charge is 0.299 e. The molecule has 1 aliphatic rings. The highest BCUT2D eigenvalue weighted by atomic mass is 32.1. The molecule has 0 spiro atoms. The van der Waals surface area contributed by atoms with Gasteiger partial charge in [-0.3, -0.25) is 14.6 Å². The van der Waals surface area contributed by atoms with Crippen LogP contribution in [-0.4, -0.2) is 72.3 Å². The molecule has 0 N–H and O–H groups in total. The summed E-state index contributed by atoms with van der Waals surface area (Å²) in [6.45, 7) is 12.1. The van der Waals surface area contributed by atoms with Crippen molar-refractivity contribution in [2.45, 2.75) is 33.9 Å². The van der Waals surface area contributed by atoms with Gasteiger partial charge in [0.15, 0.2) is 5.82 Å². The SMILES string of the molecule is Cc1cc(C)n(-c2ccc(=O)n(CCN3CCN(Cc4nnc(C)s4)CC3)n2)n1. The van der Waals surface area contributed by atoms with E-state index in [2.05, 4.69) is 30.2 Å². The third-order valence-corrected chi connectivity index (χ3v) is 5.92. The zero-order valence-electron chi connectivity index (χ0n) is 17.1. The summed E-state index contributed by atoms with van der Waals surface area (Å²) in [7, 11) is 0. The predicted octanol–water partition coefficient (Wildman–Crippen LogP) is 1.02. The Morgan fingerprint density at radius 1 is 0.966 bits per heavy atom. The van der Waals surface area contributed by atoms with Crippen molar-refractivity contribution in [2.75, 3.05) is 32.7 Å². The highest BCUT2D eigenvalue weighted by molar-refractivity contribution is 7.11. The minimum Gasteiger partial charge on any atom is -0.299 e. The Balaban J connectivity index is 1.33. The van der Waals surface area contributed by atoms with E-state index >= 15 is 0 Å². The van der Waals surface area contributed by atoms with Gasteiger partial charge in [0.2, 0.25) is 0 Å². The van der Waals surface area contributed by atoms with Gasteiger partial charge in [-0.25, -0.2) is 9.36 Å². The van der Waals surface area contributed by atoms with Gasteiger partial charge in [-0.05, 0) is 32.9 Å². The summed E-state index contributed by atoms with van der Waals surface area (Å²) in [5, 5.41) is 19.4. The Bertz CT molecular complexity index is 1030. The van der Waals surface area contributed by atoms with Crippen molar-refractivity contribution in [2.24, 2.45) is 0 Å². The summed E-state index contributed by atoms with van der Waals surface area (Å²) >= 11 is 1.66. The highest BCUT2D eigenvalue weighted by Gasteiger charge is 2.18. The van der Waals surface area contributed by atoms with E-state index in [1.165, 1.54) is 0 Å². The zero-order valence-corrected chi connectivity index (χ0v) is 17.9. The number of hydrogen-bond acceptors (Lipinski definition) is 8. The van der Waals surface area contributed by atoms with Crippen LogP contribution in [0.4, 0.5) is 0 Å². The molecule has 0 bridgehead atoms. The molecule has 154 valence electrons. The number of rotatable bonds is 6. The summed E-state index contributed by atoms with van der Waals surface area (Å²) in [5.74, 6) is 0.673. The third-order valence-electron chi connectivity index (χ3n) is 5.10. The van der Waals surface area contributed by atoms with Gasteiger partial charge in [0, 0.05) is 44.5 Å². The standard InChI is InChI=1S/C19H26N8OS/c1-14-12-15(2)27(22-14)17-4-5-19(28)26(23-17)11-10-24-6-8-25(9-7-24)13-18-21-20-16(3)29-18/h4-5,12H,6-11,13H2,1-3H3. The second-order valence-corrected chi connectivity index (χ2v) is 8.69. The lowest BCUT2D eigenvalue weighted by Crippen LogP contribution is -2.47. The molecule has 4 heterocycles. The highest BCUT2D eigenvalue weighted by Crippen LogP contribution is 2.13. The maximum absolute atomic E-state index is 12.3. The first kappa shape index (κ1) is 19.9. The molecule has 0 radical (unpaired) electrons. The van der Waals surface area contributed by atoms with Crippen molar-refractivity contribution >= 4 is 11.3 Å². The minimum atomic E-state index is -0.0828. The minimum absolute atomic E-state index is 0.0828. The average Bonchev–Trinajstić information content (AvgIpc) is 3.26. The monoisotopic (exact) mass is 414 g/mol. The molecule has 0 amide bonds. The van der Waals surface area contributed by atoms with Gasteiger partial charge in [-0.2, -0.15) is 5.10 Å². The molecule has 0 atom stereocenters. The lowest BCUT2D eigenvalue weighted by molar-refractivity contribution is 0.122. The van der Waals surface area contributed by atoms with Crippen LogP contribution in [0.2, 0.25) is 0 Å². The van der Waals surface area contributed by atoms with Gasteiger partial charge in [-0.1, -0.05) is 0 Å². The molecule has 1 aliphatic heterocycles. The number of aromatic nitrogens is 6. The summed E-state index contributed by atoms with van der Waals surface area (Å²) in [6.07, 6.45) is 0. The normalized spacial score (nSPS) is 15.8. The number of nitrogens with zero attached hydrogens (tertiary/aromatic N) is 8. The summed E-state index contributed by atoms with van der Waals surface area (Å²) in [6, 6.07) is 5.30. The molecule has 9 nitrogen and oxygen atoms in total. The smallest absolute Gasteiger partial charge is 0.266 e. The molecular weight excluding hydrogens is 388 g/mol. The van der Waals surface area contributed by atoms with E-state index in [1.807, 2.05) is 26.8 Å². The molecule has 0 aliphatic carbocycles. The Hall–Kier alpha value is -2.43. The molecular formula is C19H26N8OS. The fourth-order valence-corrected chi connectivity index (χ4v) is 4.32. The van der Waals surface area contributed by atoms with Gasteiger partial charge in [0.05, 0.1) is 18.8 Å². The number of piperazine rings is 1. The predicted molar refractivity (Wildman–Crippen MR) is 111 cm³/mol. The molecule has 10 heteroatoms. The maximum Gasteiger partial charge on any atom is 0.266 e. The fraction of sp³-hybridized carbons (Fsp3) is 0.526. The second kappa shape index (κ2) is 8.52. The van der Waals surface area contributed by atoms with Crippen LogP contribution in [0.15, 0.2) is 23.0 Å². The third kappa shape index (κ3) is 4.77. The Kier molecular flexibility index (Phi) is 5.84. The maximum atomic E-state index is 12.3. The van der Waals surface area contributed by atoms with E-state index in [-0.39, 0.29) is 5.56 Å². The van der Waals surface area contributed by atoms with Crippen LogP contribution in [0.25, 0.3) is 5.82 Å². The molecule has 0 unspecified atom stereocenters. The van der Waals surface area contributed by atoms with Gasteiger partial charge in [-0.15, -0.1) is 26.6 Å². The van der Waals surface area contributed by atoms with E-state index in [1.54, 1.807) is 32.8 Å². The van der Waals surface area contributed by atoms with Crippen molar-refractivity contribution in [3.63, 3.8) is 0 Å². The molecule has 0 saturated carbocycles. The van der Waals surface area contributed by atoms with E-state index in [9.17, 15) is 4.79 Å². The molecule has 0 aromatic carbocycles. The lowest BCUT2D eigenvalue weighted by Gasteiger charge is -2.34. The van der Waals surface area contributed by atoms with Gasteiger partial charge < -0.3 is 0 Å². The van der Waals surface area contributed by atoms with Crippen molar-refractivity contribution in [1.29, 1.82) is 0 Å². The topological polar surface area (TPSA) is 85.0 Å². The number of hydrogen-bond donors (Lipinski definition) is 0. The van der Waals surface area contributed by atoms with Crippen LogP contribution in [0.5, 0.6) is 0 Å². The van der Waals surface area contributed by atoms with E-state index in [0.29, 0.717) is 12.4 Å². The van der Waals surface area contributed by atoms with Crippen LogP contribution in [-0.2, 0) is 13.1 Å². The van der Waals surface area contributed by atoms with Gasteiger partial charge in [0.25, 0.3) is 5.56 Å². The van der Waals surface area contributed by atoms with Crippen molar-refractivity contribution in [3.8, 4) is 5.82 Å². The average molecular weight is 415 g/mol. The Morgan fingerprint density at radius 3 is 2.38 bits per heavy atom. The molecule has 1 fully saturated rings. The summed E-state index contributed by atoms with van der Waals surface area (Å²) in [4.78, 5) is 17.0. The zero-order chi connectivity index (χ0) is 20.4. The first-order valence-electron chi connectivity index (χ1n) is 9.83. The first-order valence-corrected chi connectivity index (χ1v) is 10.6. The molecule has 3 aromatic rings. The summed E-state index contributed by atoms with van der Waals surface area (Å²) in [5.41, 5.74) is 1.85. The lowest BCUT2D eigenvalue weighted by atomic mass is 10.3. The first-order chi connectivity index (χ1) is 14.0. The van der Waals surface area contributed by atoms with Crippen LogP contribution in [0.1, 0.15) is 21.4 Å². The Morgan fingerprint density at radius 2 is 1.72 bits per heavy atom. The fourth-order valence-electron chi connectivity index (χ4n) is 3.57. The van der Waals surface area contributed by atoms with Crippen LogP contribution < -0.4 is 5.56 Å². The van der Waals surface area contributed by atoms with Crippen LogP contribution in [0, 0.1) is 20.8 Å². The van der Waals surface area contributed by atoms with E-state index in [0.717, 1.165) is 60.7 Å². The second-order valence-electron chi connectivity index (χ2n) is 7.42. The molecule has 4 rings (SSSR count). The van der Waals surface area contributed by atoms with Crippen LogP contribution >= 0.6 is 11.3 Å². The van der Waals surface area contributed by atoms with Crippen molar-refractivity contribution in [1.82, 2.24) is 39.6 Å². The molecule has 1 saturated heterocycles. The van der Waals surface area contributed by atoms with Crippen LogP contribution in [0.3, 0.4) is 0 Å². The van der Waals surface area contributed by atoms with Crippen molar-refractivity contribution in [3.05, 3.63) is 50.0 Å². The summed E-state index contributed by atoms with van der Waals surface area (Å²) < 4.78 is 3.32. The quantitative estimate of drug-likeness (QED) is 0.595. The van der Waals surface area contributed by atoms with E-state index < -0.39 is 0 Å². The van der Waals surface area contributed by atoms with Gasteiger partial charge >= 0.3 is 0 Å². The Labute approximate surface area is 173 Å².